The van der Waals surface area contributed by atoms with Crippen LogP contribution in [0.2, 0.25) is 0 Å². The molecule has 184 valence electrons. The molecule has 1 aromatic heterocycles. The lowest BCUT2D eigenvalue weighted by Crippen LogP contribution is -2.53. The molecule has 9 heteroatoms. The van der Waals surface area contributed by atoms with Gasteiger partial charge >= 0.3 is 0 Å². The quantitative estimate of drug-likeness (QED) is 0.329. The predicted molar refractivity (Wildman–Crippen MR) is 126 cm³/mol. The van der Waals surface area contributed by atoms with Crippen molar-refractivity contribution in [1.29, 1.82) is 0 Å². The number of piperidine rings is 1. The minimum atomic E-state index is -2.90. The van der Waals surface area contributed by atoms with Crippen LogP contribution in [0.5, 0.6) is 0 Å². The number of halogens is 5. The molecule has 4 nitrogen and oxygen atoms in total. The molecule has 2 aromatic carbocycles. The van der Waals surface area contributed by atoms with Gasteiger partial charge < -0.3 is 15.3 Å². The molecule has 2 heterocycles. The van der Waals surface area contributed by atoms with Crippen molar-refractivity contribution < 1.29 is 22.7 Å². The van der Waals surface area contributed by atoms with Crippen molar-refractivity contribution in [3.05, 3.63) is 83.6 Å². The lowest BCUT2D eigenvalue weighted by atomic mass is 10.0. The smallest absolute Gasteiger partial charge is 0.265 e. The van der Waals surface area contributed by atoms with Gasteiger partial charge in [-0.15, -0.1) is 11.6 Å². The lowest BCUT2D eigenvalue weighted by molar-refractivity contribution is -0.0398. The van der Waals surface area contributed by atoms with Gasteiger partial charge in [-0.1, -0.05) is 30.3 Å². The number of aliphatic hydroxyl groups is 1. The van der Waals surface area contributed by atoms with Gasteiger partial charge in [0.2, 0.25) is 0 Å². The molecule has 0 bridgehead atoms. The number of hydrogen-bond acceptors (Lipinski definition) is 4. The Labute approximate surface area is 205 Å². The number of rotatable bonds is 8. The van der Waals surface area contributed by atoms with Crippen LogP contribution in [-0.4, -0.2) is 40.7 Å². The first-order chi connectivity index (χ1) is 16.9. The molecule has 0 amide bonds. The summed E-state index contributed by atoms with van der Waals surface area (Å²) >= 11 is 6.24. The van der Waals surface area contributed by atoms with Crippen LogP contribution in [0.25, 0.3) is 11.3 Å². The van der Waals surface area contributed by atoms with E-state index in [0.29, 0.717) is 42.0 Å². The number of nitrogens with zero attached hydrogens (tertiary/aromatic N) is 2. The van der Waals surface area contributed by atoms with Crippen molar-refractivity contribution >= 4 is 17.3 Å². The highest BCUT2D eigenvalue weighted by atomic mass is 35.5. The molecule has 2 fully saturated rings. The second kappa shape index (κ2) is 9.41. The maximum absolute atomic E-state index is 13.8. The second-order valence-corrected chi connectivity index (χ2v) is 9.31. The third-order valence-corrected chi connectivity index (χ3v) is 7.48. The summed E-state index contributed by atoms with van der Waals surface area (Å²) in [6.45, 7) is 0.956. The number of nitrogens with one attached hydrogen (secondary N) is 1. The summed E-state index contributed by atoms with van der Waals surface area (Å²) in [5, 5.41) is 13.8. The molecular formula is C26H24ClF4N3O. The summed E-state index contributed by atoms with van der Waals surface area (Å²) in [5.74, 6) is -1.97. The first-order valence-corrected chi connectivity index (χ1v) is 11.9. The average Bonchev–Trinajstić information content (AvgIpc) is 3.28. The van der Waals surface area contributed by atoms with Gasteiger partial charge in [0, 0.05) is 30.5 Å². The van der Waals surface area contributed by atoms with Crippen LogP contribution < -0.4 is 10.2 Å². The van der Waals surface area contributed by atoms with E-state index >= 15 is 0 Å². The van der Waals surface area contributed by atoms with Gasteiger partial charge in [-0.2, -0.15) is 0 Å². The number of hydrogen-bond donors (Lipinski definition) is 2. The van der Waals surface area contributed by atoms with Crippen LogP contribution in [0, 0.1) is 17.6 Å². The monoisotopic (exact) mass is 505 g/mol. The Morgan fingerprint density at radius 3 is 2.57 bits per heavy atom. The Morgan fingerprint density at radius 1 is 1.11 bits per heavy atom. The standard InChI is InChI=1S/C26H24ClF4N3O/c27-12-17-11-21(16-6-7-19(28)20(29)10-16)32-14-22(17)34-9-8-18-23(34)26(18,24(35)25(30)31)33-13-15-4-2-1-3-5-15/h1-7,10-11,14,18,23-25,33,35H,8-9,12-13H2/t18?,23?,24-,26-/m1/s1. The van der Waals surface area contributed by atoms with Gasteiger partial charge in [0.15, 0.2) is 11.6 Å². The summed E-state index contributed by atoms with van der Waals surface area (Å²) in [7, 11) is 0. The Hall–Kier alpha value is -2.68. The normalized spacial score (nSPS) is 24.0. The molecule has 1 aliphatic carbocycles. The van der Waals surface area contributed by atoms with Crippen LogP contribution in [0.3, 0.4) is 0 Å². The second-order valence-electron chi connectivity index (χ2n) is 9.05. The molecular weight excluding hydrogens is 482 g/mol. The summed E-state index contributed by atoms with van der Waals surface area (Å²) in [6, 6.07) is 14.3. The van der Waals surface area contributed by atoms with E-state index in [9.17, 15) is 22.7 Å². The molecule has 3 aromatic rings. The maximum Gasteiger partial charge on any atom is 0.265 e. The Morgan fingerprint density at radius 2 is 1.89 bits per heavy atom. The fraction of sp³-hybridized carbons (Fsp3) is 0.346. The molecule has 1 saturated heterocycles. The zero-order chi connectivity index (χ0) is 24.7. The van der Waals surface area contributed by atoms with E-state index in [-0.39, 0.29) is 17.8 Å². The van der Waals surface area contributed by atoms with Crippen LogP contribution in [-0.2, 0) is 12.4 Å². The minimum Gasteiger partial charge on any atom is -0.385 e. The third kappa shape index (κ3) is 4.17. The topological polar surface area (TPSA) is 48.4 Å². The molecule has 0 spiro atoms. The largest absolute Gasteiger partial charge is 0.385 e. The first-order valence-electron chi connectivity index (χ1n) is 11.4. The number of fused-ring (bicyclic) bond motifs is 1. The highest BCUT2D eigenvalue weighted by Crippen LogP contribution is 2.58. The zero-order valence-electron chi connectivity index (χ0n) is 18.6. The number of aliphatic hydroxyl groups excluding tert-OH is 1. The van der Waals surface area contributed by atoms with Crippen LogP contribution in [0.15, 0.2) is 60.8 Å². The fourth-order valence-electron chi connectivity index (χ4n) is 5.48. The van der Waals surface area contributed by atoms with Gasteiger partial charge in [-0.3, -0.25) is 4.98 Å². The number of anilines is 1. The summed E-state index contributed by atoms with van der Waals surface area (Å²) in [6.07, 6.45) is -2.51. The van der Waals surface area contributed by atoms with Gasteiger partial charge in [0.05, 0.1) is 29.2 Å². The fourth-order valence-corrected chi connectivity index (χ4v) is 5.70. The highest BCUT2D eigenvalue weighted by molar-refractivity contribution is 6.17. The Bertz CT molecular complexity index is 1210. The molecule has 2 aliphatic rings. The number of alkyl halides is 3. The van der Waals surface area contributed by atoms with Crippen LogP contribution >= 0.6 is 11.6 Å². The van der Waals surface area contributed by atoms with E-state index in [2.05, 4.69) is 10.3 Å². The Kier molecular flexibility index (Phi) is 6.46. The number of aromatic nitrogens is 1. The van der Waals surface area contributed by atoms with Crippen LogP contribution in [0.1, 0.15) is 17.5 Å². The first kappa shape index (κ1) is 24.0. The van der Waals surface area contributed by atoms with Gasteiger partial charge in [0.25, 0.3) is 6.43 Å². The van der Waals surface area contributed by atoms with Crippen molar-refractivity contribution in [3.63, 3.8) is 0 Å². The van der Waals surface area contributed by atoms with E-state index < -0.39 is 29.7 Å². The van der Waals surface area contributed by atoms with Crippen molar-refractivity contribution in [2.45, 2.75) is 43.0 Å². The molecule has 35 heavy (non-hydrogen) atoms. The molecule has 1 saturated carbocycles. The van der Waals surface area contributed by atoms with E-state index in [0.717, 1.165) is 17.7 Å². The zero-order valence-corrected chi connectivity index (χ0v) is 19.4. The van der Waals surface area contributed by atoms with Crippen LogP contribution in [0.4, 0.5) is 23.2 Å². The highest BCUT2D eigenvalue weighted by Gasteiger charge is 2.74. The molecule has 2 N–H and O–H groups in total. The molecule has 5 rings (SSSR count). The summed E-state index contributed by atoms with van der Waals surface area (Å²) < 4.78 is 54.6. The van der Waals surface area contributed by atoms with E-state index in [1.54, 1.807) is 12.3 Å². The van der Waals surface area contributed by atoms with Crippen molar-refractivity contribution in [3.8, 4) is 11.3 Å². The summed E-state index contributed by atoms with van der Waals surface area (Å²) in [4.78, 5) is 6.41. The van der Waals surface area contributed by atoms with Crippen molar-refractivity contribution in [1.82, 2.24) is 10.3 Å². The SMILES string of the molecule is O[C@H](C(F)F)[C@@]1(NCc2ccccc2)C2CCN(c3cnc(-c4ccc(F)c(F)c4)cc3CCl)C21. The maximum atomic E-state index is 13.8. The van der Waals surface area contributed by atoms with Crippen molar-refractivity contribution in [2.75, 3.05) is 11.4 Å². The molecule has 0 radical (unpaired) electrons. The lowest BCUT2D eigenvalue weighted by Gasteiger charge is -2.33. The van der Waals surface area contributed by atoms with E-state index in [4.69, 9.17) is 11.6 Å². The molecule has 4 atom stereocenters. The van der Waals surface area contributed by atoms with E-state index in [1.165, 1.54) is 6.07 Å². The van der Waals surface area contributed by atoms with Gasteiger partial charge in [-0.05, 0) is 41.8 Å². The Balaban J connectivity index is 1.44. The van der Waals surface area contributed by atoms with Crippen molar-refractivity contribution in [2.24, 2.45) is 5.92 Å². The van der Waals surface area contributed by atoms with Gasteiger partial charge in [0.1, 0.15) is 6.10 Å². The minimum absolute atomic E-state index is 0.115. The number of pyridine rings is 1. The predicted octanol–water partition coefficient (Wildman–Crippen LogP) is 5.13. The molecule has 1 aliphatic heterocycles. The summed E-state index contributed by atoms with van der Waals surface area (Å²) in [5.41, 5.74) is 1.98. The third-order valence-electron chi connectivity index (χ3n) is 7.20. The van der Waals surface area contributed by atoms with Gasteiger partial charge in [-0.25, -0.2) is 17.6 Å². The number of benzene rings is 2. The molecule has 2 unspecified atom stereocenters. The average molecular weight is 506 g/mol. The van der Waals surface area contributed by atoms with E-state index in [1.807, 2.05) is 35.2 Å².